The molecule has 1 aromatic carbocycles. The average Bonchev–Trinajstić information content (AvgIpc) is 2.27. The van der Waals surface area contributed by atoms with Gasteiger partial charge in [-0.05, 0) is 48.9 Å². The summed E-state index contributed by atoms with van der Waals surface area (Å²) in [6.07, 6.45) is 4.25. The molecule has 0 bridgehead atoms. The van der Waals surface area contributed by atoms with Crippen LogP contribution in [0, 0.1) is 0 Å². The zero-order chi connectivity index (χ0) is 12.5. The van der Waals surface area contributed by atoms with Crippen molar-refractivity contribution >= 4 is 0 Å². The van der Waals surface area contributed by atoms with Gasteiger partial charge in [0.05, 0.1) is 7.11 Å². The number of phenols is 2. The second kappa shape index (κ2) is 4.45. The molecular formula is C13H19NO3. The summed E-state index contributed by atoms with van der Waals surface area (Å²) in [5.41, 5.74) is 6.73. The van der Waals surface area contributed by atoms with Crippen LogP contribution in [0.25, 0.3) is 0 Å². The van der Waals surface area contributed by atoms with E-state index in [0.29, 0.717) is 12.3 Å². The van der Waals surface area contributed by atoms with Gasteiger partial charge in [-0.1, -0.05) is 6.42 Å². The van der Waals surface area contributed by atoms with Crippen LogP contribution in [0.4, 0.5) is 0 Å². The van der Waals surface area contributed by atoms with Crippen molar-refractivity contribution in [3.63, 3.8) is 0 Å². The molecule has 0 aromatic heterocycles. The van der Waals surface area contributed by atoms with E-state index in [1.807, 2.05) is 6.07 Å². The quantitative estimate of drug-likeness (QED) is 0.699. The Morgan fingerprint density at radius 3 is 2.53 bits per heavy atom. The molecule has 4 nitrogen and oxygen atoms in total. The largest absolute Gasteiger partial charge is 0.504 e. The van der Waals surface area contributed by atoms with Gasteiger partial charge in [0.1, 0.15) is 0 Å². The van der Waals surface area contributed by atoms with E-state index in [9.17, 15) is 10.2 Å². The Balaban J connectivity index is 2.41. The molecular weight excluding hydrogens is 218 g/mol. The van der Waals surface area contributed by atoms with Gasteiger partial charge in [-0.15, -0.1) is 0 Å². The van der Waals surface area contributed by atoms with E-state index in [1.54, 1.807) is 6.07 Å². The lowest BCUT2D eigenvalue weighted by atomic mass is 9.62. The molecule has 1 aliphatic carbocycles. The molecule has 0 spiro atoms. The van der Waals surface area contributed by atoms with Crippen LogP contribution in [0.1, 0.15) is 31.2 Å². The maximum absolute atomic E-state index is 9.70. The fourth-order valence-electron chi connectivity index (χ4n) is 2.62. The molecule has 0 atom stereocenters. The summed E-state index contributed by atoms with van der Waals surface area (Å²) in [6, 6.07) is 3.44. The Hall–Kier alpha value is -1.42. The zero-order valence-electron chi connectivity index (χ0n) is 10.1. The van der Waals surface area contributed by atoms with E-state index in [0.717, 1.165) is 24.8 Å². The molecule has 0 heterocycles. The Labute approximate surface area is 101 Å². The molecule has 0 radical (unpaired) electrons. The average molecular weight is 237 g/mol. The van der Waals surface area contributed by atoms with Gasteiger partial charge in [-0.2, -0.15) is 0 Å². The minimum atomic E-state index is -0.196. The summed E-state index contributed by atoms with van der Waals surface area (Å²) in [7, 11) is 1.48. The summed E-state index contributed by atoms with van der Waals surface area (Å²) in [5, 5.41) is 19.3. The SMILES string of the molecule is COc1cc(C2(CCN)CCC2)cc(O)c1O. The summed E-state index contributed by atoms with van der Waals surface area (Å²) >= 11 is 0. The van der Waals surface area contributed by atoms with Crippen LogP contribution >= 0.6 is 0 Å². The van der Waals surface area contributed by atoms with Crippen molar-refractivity contribution < 1.29 is 14.9 Å². The number of hydrogen-bond acceptors (Lipinski definition) is 4. The van der Waals surface area contributed by atoms with Gasteiger partial charge in [0.15, 0.2) is 11.5 Å². The summed E-state index contributed by atoms with van der Waals surface area (Å²) in [5.74, 6) is 0.00409. The molecule has 94 valence electrons. The minimum absolute atomic E-state index is 0.0627. The highest BCUT2D eigenvalue weighted by Gasteiger charge is 2.38. The van der Waals surface area contributed by atoms with Gasteiger partial charge in [-0.3, -0.25) is 0 Å². The van der Waals surface area contributed by atoms with Crippen LogP contribution in [0.3, 0.4) is 0 Å². The van der Waals surface area contributed by atoms with Crippen molar-refractivity contribution in [2.24, 2.45) is 5.73 Å². The van der Waals surface area contributed by atoms with Crippen LogP contribution in [0.5, 0.6) is 17.2 Å². The molecule has 1 fully saturated rings. The second-order valence-corrected chi connectivity index (χ2v) is 4.72. The van der Waals surface area contributed by atoms with Crippen molar-refractivity contribution in [3.05, 3.63) is 17.7 Å². The van der Waals surface area contributed by atoms with E-state index in [2.05, 4.69) is 0 Å². The van der Waals surface area contributed by atoms with E-state index in [1.165, 1.54) is 13.5 Å². The molecule has 17 heavy (non-hydrogen) atoms. The standard InChI is InChI=1S/C13H19NO3/c1-17-11-8-9(7-10(15)12(11)16)13(5-6-14)3-2-4-13/h7-8,15-16H,2-6,14H2,1H3. The highest BCUT2D eigenvalue weighted by Crippen LogP contribution is 2.49. The molecule has 0 amide bonds. The molecule has 4 heteroatoms. The number of nitrogens with two attached hydrogens (primary N) is 1. The zero-order valence-corrected chi connectivity index (χ0v) is 10.1. The van der Waals surface area contributed by atoms with Crippen LogP contribution in [-0.4, -0.2) is 23.9 Å². The van der Waals surface area contributed by atoms with Crippen molar-refractivity contribution in [2.45, 2.75) is 31.1 Å². The van der Waals surface area contributed by atoms with E-state index in [4.69, 9.17) is 10.5 Å². The summed E-state index contributed by atoms with van der Waals surface area (Å²) in [6.45, 7) is 0.629. The monoisotopic (exact) mass is 237 g/mol. The first-order valence-electron chi connectivity index (χ1n) is 5.93. The van der Waals surface area contributed by atoms with Crippen molar-refractivity contribution in [1.82, 2.24) is 0 Å². The predicted molar refractivity (Wildman–Crippen MR) is 65.5 cm³/mol. The van der Waals surface area contributed by atoms with E-state index >= 15 is 0 Å². The molecule has 1 aliphatic rings. The number of rotatable bonds is 4. The van der Waals surface area contributed by atoms with Gasteiger partial charge >= 0.3 is 0 Å². The van der Waals surface area contributed by atoms with Gasteiger partial charge in [0.25, 0.3) is 0 Å². The normalized spacial score (nSPS) is 17.5. The molecule has 0 saturated heterocycles. The summed E-state index contributed by atoms with van der Waals surface area (Å²) < 4.78 is 5.07. The Morgan fingerprint density at radius 1 is 1.35 bits per heavy atom. The molecule has 0 aliphatic heterocycles. The Kier molecular flexibility index (Phi) is 3.15. The highest BCUT2D eigenvalue weighted by molar-refractivity contribution is 5.54. The predicted octanol–water partition coefficient (Wildman–Crippen LogP) is 1.88. The lowest BCUT2D eigenvalue weighted by Crippen LogP contribution is -2.36. The topological polar surface area (TPSA) is 75.7 Å². The highest BCUT2D eigenvalue weighted by atomic mass is 16.5. The van der Waals surface area contributed by atoms with Crippen LogP contribution in [0.2, 0.25) is 0 Å². The smallest absolute Gasteiger partial charge is 0.200 e. The molecule has 1 aromatic rings. The van der Waals surface area contributed by atoms with Gasteiger partial charge < -0.3 is 20.7 Å². The minimum Gasteiger partial charge on any atom is -0.504 e. The first-order chi connectivity index (χ1) is 8.13. The molecule has 2 rings (SSSR count). The van der Waals surface area contributed by atoms with Gasteiger partial charge in [0.2, 0.25) is 5.75 Å². The number of phenolic OH excluding ortho intramolecular Hbond substituents is 2. The maximum Gasteiger partial charge on any atom is 0.200 e. The first-order valence-corrected chi connectivity index (χ1v) is 5.93. The summed E-state index contributed by atoms with van der Waals surface area (Å²) in [4.78, 5) is 0. The Morgan fingerprint density at radius 2 is 2.06 bits per heavy atom. The number of ether oxygens (including phenoxy) is 1. The van der Waals surface area contributed by atoms with Crippen molar-refractivity contribution in [1.29, 1.82) is 0 Å². The van der Waals surface area contributed by atoms with Crippen LogP contribution < -0.4 is 10.5 Å². The van der Waals surface area contributed by atoms with Crippen molar-refractivity contribution in [2.75, 3.05) is 13.7 Å². The fraction of sp³-hybridized carbons (Fsp3) is 0.538. The Bertz CT molecular complexity index is 413. The number of aromatic hydroxyl groups is 2. The van der Waals surface area contributed by atoms with Gasteiger partial charge in [-0.25, -0.2) is 0 Å². The molecule has 4 N–H and O–H groups in total. The number of hydrogen-bond donors (Lipinski definition) is 3. The molecule has 0 unspecified atom stereocenters. The lowest BCUT2D eigenvalue weighted by Gasteiger charge is -2.42. The number of benzene rings is 1. The third-order valence-electron chi connectivity index (χ3n) is 3.82. The van der Waals surface area contributed by atoms with Crippen LogP contribution in [0.15, 0.2) is 12.1 Å². The lowest BCUT2D eigenvalue weighted by molar-refractivity contribution is 0.227. The third-order valence-corrected chi connectivity index (χ3v) is 3.82. The van der Waals surface area contributed by atoms with E-state index < -0.39 is 0 Å². The molecule has 1 saturated carbocycles. The first kappa shape index (κ1) is 12.0. The maximum atomic E-state index is 9.70. The second-order valence-electron chi connectivity index (χ2n) is 4.72. The van der Waals surface area contributed by atoms with Crippen LogP contribution in [-0.2, 0) is 5.41 Å². The van der Waals surface area contributed by atoms with Gasteiger partial charge in [0, 0.05) is 0 Å². The third kappa shape index (κ3) is 1.93. The fourth-order valence-corrected chi connectivity index (χ4v) is 2.62. The van der Waals surface area contributed by atoms with E-state index in [-0.39, 0.29) is 16.9 Å². The number of methoxy groups -OCH3 is 1. The van der Waals surface area contributed by atoms with Crippen molar-refractivity contribution in [3.8, 4) is 17.2 Å².